The summed E-state index contributed by atoms with van der Waals surface area (Å²) in [6, 6.07) is 4.48. The van der Waals surface area contributed by atoms with Crippen molar-refractivity contribution in [2.75, 3.05) is 13.2 Å². The zero-order valence-corrected chi connectivity index (χ0v) is 15.5. The van der Waals surface area contributed by atoms with Gasteiger partial charge < -0.3 is 10.1 Å². The molecule has 0 spiro atoms. The summed E-state index contributed by atoms with van der Waals surface area (Å²) in [6.45, 7) is 11.3. The highest BCUT2D eigenvalue weighted by Gasteiger charge is 2.31. The molecular formula is C20H29NO3. The second-order valence-corrected chi connectivity index (χ2v) is 7.82. The molecule has 1 N–H and O–H groups in total. The summed E-state index contributed by atoms with van der Waals surface area (Å²) >= 11 is 0. The van der Waals surface area contributed by atoms with Crippen molar-refractivity contribution in [2.24, 2.45) is 5.92 Å². The van der Waals surface area contributed by atoms with Gasteiger partial charge in [-0.25, -0.2) is 0 Å². The molecule has 1 fully saturated rings. The molecule has 1 aromatic carbocycles. The van der Waals surface area contributed by atoms with Crippen LogP contribution in [0, 0.1) is 19.8 Å². The zero-order valence-electron chi connectivity index (χ0n) is 15.5. The minimum Gasteiger partial charge on any atom is -0.455 e. The molecule has 1 aromatic rings. The van der Waals surface area contributed by atoms with E-state index in [0.717, 1.165) is 19.3 Å². The molecular weight excluding hydrogens is 302 g/mol. The van der Waals surface area contributed by atoms with Crippen LogP contribution in [0.2, 0.25) is 0 Å². The lowest BCUT2D eigenvalue weighted by Gasteiger charge is -2.22. The van der Waals surface area contributed by atoms with Crippen LogP contribution in [-0.2, 0) is 26.2 Å². The Kier molecular flexibility index (Phi) is 5.68. The van der Waals surface area contributed by atoms with Crippen LogP contribution in [0.25, 0.3) is 0 Å². The molecule has 1 aliphatic rings. The number of aryl methyl sites for hydroxylation is 2. The Labute approximate surface area is 145 Å². The molecule has 1 aliphatic carbocycles. The molecule has 24 heavy (non-hydrogen) atoms. The maximum absolute atomic E-state index is 11.7. The third kappa shape index (κ3) is 5.08. The van der Waals surface area contributed by atoms with Crippen LogP contribution in [0.4, 0.5) is 0 Å². The number of ether oxygens (including phenoxy) is 1. The van der Waals surface area contributed by atoms with E-state index in [9.17, 15) is 9.59 Å². The molecule has 4 heteroatoms. The third-order valence-electron chi connectivity index (χ3n) is 4.52. The molecule has 0 bridgehead atoms. The number of rotatable bonds is 6. The monoisotopic (exact) mass is 331 g/mol. The van der Waals surface area contributed by atoms with Crippen molar-refractivity contribution in [3.05, 3.63) is 34.4 Å². The van der Waals surface area contributed by atoms with E-state index < -0.39 is 0 Å². The van der Waals surface area contributed by atoms with Crippen LogP contribution in [0.1, 0.15) is 55.9 Å². The number of benzene rings is 1. The van der Waals surface area contributed by atoms with E-state index in [1.807, 2.05) is 0 Å². The average Bonchev–Trinajstić information content (AvgIpc) is 3.31. The SMILES string of the molecule is Cc1cc(C(C)(C)C)cc(C)c1CCNC(=O)COC(=O)C1CC1. The number of esters is 1. The minimum absolute atomic E-state index is 0.0319. The zero-order chi connectivity index (χ0) is 17.9. The number of hydrogen-bond donors (Lipinski definition) is 1. The van der Waals surface area contributed by atoms with E-state index in [2.05, 4.69) is 52.1 Å². The van der Waals surface area contributed by atoms with Crippen LogP contribution in [-0.4, -0.2) is 25.0 Å². The lowest BCUT2D eigenvalue weighted by molar-refractivity contribution is -0.149. The lowest BCUT2D eigenvalue weighted by Crippen LogP contribution is -2.31. The van der Waals surface area contributed by atoms with E-state index in [4.69, 9.17) is 4.74 Å². The van der Waals surface area contributed by atoms with Crippen molar-refractivity contribution in [3.8, 4) is 0 Å². The van der Waals surface area contributed by atoms with Gasteiger partial charge in [0.05, 0.1) is 5.92 Å². The smallest absolute Gasteiger partial charge is 0.309 e. The number of nitrogens with one attached hydrogen (secondary N) is 1. The first-order valence-electron chi connectivity index (χ1n) is 8.72. The van der Waals surface area contributed by atoms with Gasteiger partial charge in [0, 0.05) is 6.54 Å². The van der Waals surface area contributed by atoms with Crippen molar-refractivity contribution in [2.45, 2.75) is 59.3 Å². The van der Waals surface area contributed by atoms with Crippen LogP contribution in [0.3, 0.4) is 0 Å². The topological polar surface area (TPSA) is 55.4 Å². The summed E-state index contributed by atoms with van der Waals surface area (Å²) in [5.41, 5.74) is 5.26. The van der Waals surface area contributed by atoms with Crippen molar-refractivity contribution >= 4 is 11.9 Å². The fraction of sp³-hybridized carbons (Fsp3) is 0.600. The predicted octanol–water partition coefficient (Wildman–Crippen LogP) is 3.21. The quantitative estimate of drug-likeness (QED) is 0.814. The summed E-state index contributed by atoms with van der Waals surface area (Å²) < 4.78 is 4.98. The number of carbonyl (C=O) groups is 2. The molecule has 0 radical (unpaired) electrons. The van der Waals surface area contributed by atoms with Crippen LogP contribution in [0.5, 0.6) is 0 Å². The second-order valence-electron chi connectivity index (χ2n) is 7.82. The van der Waals surface area contributed by atoms with E-state index in [1.165, 1.54) is 22.3 Å². The first-order valence-corrected chi connectivity index (χ1v) is 8.72. The molecule has 0 aromatic heterocycles. The van der Waals surface area contributed by atoms with Crippen molar-refractivity contribution in [1.29, 1.82) is 0 Å². The molecule has 0 saturated heterocycles. The van der Waals surface area contributed by atoms with Crippen LogP contribution >= 0.6 is 0 Å². The van der Waals surface area contributed by atoms with Crippen molar-refractivity contribution in [1.82, 2.24) is 5.32 Å². The highest BCUT2D eigenvalue weighted by molar-refractivity contribution is 5.82. The predicted molar refractivity (Wildman–Crippen MR) is 95.0 cm³/mol. The Hall–Kier alpha value is -1.84. The Morgan fingerprint density at radius 3 is 2.25 bits per heavy atom. The molecule has 4 nitrogen and oxygen atoms in total. The number of hydrogen-bond acceptors (Lipinski definition) is 3. The van der Waals surface area contributed by atoms with Crippen molar-refractivity contribution < 1.29 is 14.3 Å². The van der Waals surface area contributed by atoms with Gasteiger partial charge in [-0.05, 0) is 60.8 Å². The maximum atomic E-state index is 11.7. The minimum atomic E-state index is -0.241. The molecule has 132 valence electrons. The van der Waals surface area contributed by atoms with Gasteiger partial charge in [-0.3, -0.25) is 9.59 Å². The van der Waals surface area contributed by atoms with Gasteiger partial charge in [0.25, 0.3) is 5.91 Å². The normalized spacial score (nSPS) is 14.4. The van der Waals surface area contributed by atoms with E-state index >= 15 is 0 Å². The Balaban J connectivity index is 1.83. The van der Waals surface area contributed by atoms with Gasteiger partial charge >= 0.3 is 5.97 Å². The summed E-state index contributed by atoms with van der Waals surface area (Å²) in [7, 11) is 0. The first kappa shape index (κ1) is 18.5. The van der Waals surface area contributed by atoms with Gasteiger partial charge in [0.15, 0.2) is 6.61 Å². The molecule has 0 aliphatic heterocycles. The fourth-order valence-corrected chi connectivity index (χ4v) is 2.77. The first-order chi connectivity index (χ1) is 11.2. The van der Waals surface area contributed by atoms with Crippen molar-refractivity contribution in [3.63, 3.8) is 0 Å². The fourth-order valence-electron chi connectivity index (χ4n) is 2.77. The summed E-state index contributed by atoms with van der Waals surface area (Å²) in [5, 5.41) is 2.83. The lowest BCUT2D eigenvalue weighted by atomic mass is 9.83. The van der Waals surface area contributed by atoms with Gasteiger partial charge in [0.1, 0.15) is 0 Å². The molecule has 1 amide bonds. The van der Waals surface area contributed by atoms with Crippen LogP contribution < -0.4 is 5.32 Å². The molecule has 0 atom stereocenters. The van der Waals surface area contributed by atoms with Gasteiger partial charge in [-0.1, -0.05) is 32.9 Å². The Morgan fingerprint density at radius 1 is 1.17 bits per heavy atom. The molecule has 1 saturated carbocycles. The number of carbonyl (C=O) groups excluding carboxylic acids is 2. The van der Waals surface area contributed by atoms with E-state index in [-0.39, 0.29) is 29.8 Å². The average molecular weight is 331 g/mol. The maximum Gasteiger partial charge on any atom is 0.309 e. The van der Waals surface area contributed by atoms with E-state index in [1.54, 1.807) is 0 Å². The standard InChI is InChI=1S/C20H29NO3/c1-13-10-16(20(3,4)5)11-14(2)17(13)8-9-21-18(22)12-24-19(23)15-6-7-15/h10-11,15H,6-9,12H2,1-5H3,(H,21,22). The Bertz CT molecular complexity index is 601. The van der Waals surface area contributed by atoms with Crippen LogP contribution in [0.15, 0.2) is 12.1 Å². The number of amides is 1. The van der Waals surface area contributed by atoms with Gasteiger partial charge in [0.2, 0.25) is 0 Å². The van der Waals surface area contributed by atoms with E-state index in [0.29, 0.717) is 6.54 Å². The highest BCUT2D eigenvalue weighted by Crippen LogP contribution is 2.30. The largest absolute Gasteiger partial charge is 0.455 e. The summed E-state index contributed by atoms with van der Waals surface area (Å²) in [5.74, 6) is -0.440. The van der Waals surface area contributed by atoms with Gasteiger partial charge in [-0.2, -0.15) is 0 Å². The highest BCUT2D eigenvalue weighted by atomic mass is 16.5. The molecule has 0 unspecified atom stereocenters. The Morgan fingerprint density at radius 2 is 1.75 bits per heavy atom. The second kappa shape index (κ2) is 7.37. The van der Waals surface area contributed by atoms with Gasteiger partial charge in [-0.15, -0.1) is 0 Å². The molecule has 0 heterocycles. The summed E-state index contributed by atoms with van der Waals surface area (Å²) in [6.07, 6.45) is 2.57. The third-order valence-corrected chi connectivity index (χ3v) is 4.52. The molecule has 2 rings (SSSR count). The summed E-state index contributed by atoms with van der Waals surface area (Å²) in [4.78, 5) is 23.2.